The third kappa shape index (κ3) is 19.5. The van der Waals surface area contributed by atoms with Crippen LogP contribution in [0.4, 0.5) is 0 Å². The summed E-state index contributed by atoms with van der Waals surface area (Å²) in [4.78, 5) is 22.3. The maximum atomic E-state index is 11.5. The number of hydrogen-bond donors (Lipinski definition) is 2. The molecule has 0 amide bonds. The molecular weight excluding hydrogens is 432 g/mol. The second-order valence-electron chi connectivity index (χ2n) is 8.78. The van der Waals surface area contributed by atoms with Crippen molar-refractivity contribution in [3.63, 3.8) is 0 Å². The number of rotatable bonds is 23. The average molecular weight is 479 g/mol. The Morgan fingerprint density at radius 1 is 0.688 bits per heavy atom. The van der Waals surface area contributed by atoms with E-state index in [1.54, 1.807) is 0 Å². The molecule has 0 aromatic heterocycles. The van der Waals surface area contributed by atoms with Gasteiger partial charge in [-0.05, 0) is 6.42 Å². The molecule has 0 heterocycles. The molecule has 0 aromatic carbocycles. The van der Waals surface area contributed by atoms with E-state index in [1.165, 1.54) is 89.9 Å². The molecular formula is C24H46O7S. The van der Waals surface area contributed by atoms with E-state index in [0.717, 1.165) is 19.3 Å². The van der Waals surface area contributed by atoms with E-state index in [0.29, 0.717) is 6.42 Å². The van der Waals surface area contributed by atoms with Gasteiger partial charge in [0.15, 0.2) is 5.25 Å². The van der Waals surface area contributed by atoms with Crippen LogP contribution in [0.1, 0.15) is 129 Å². The topological polar surface area (TPSA) is 118 Å². The minimum atomic E-state index is -4.82. The number of carboxylic acids is 1. The van der Waals surface area contributed by atoms with Crippen LogP contribution in [0.3, 0.4) is 0 Å². The summed E-state index contributed by atoms with van der Waals surface area (Å²) in [6.45, 7) is 2.39. The van der Waals surface area contributed by atoms with Gasteiger partial charge in [0.25, 0.3) is 10.1 Å². The molecule has 0 saturated heterocycles. The van der Waals surface area contributed by atoms with Gasteiger partial charge in [-0.2, -0.15) is 8.42 Å². The molecule has 7 nitrogen and oxygen atoms in total. The zero-order valence-corrected chi connectivity index (χ0v) is 20.9. The monoisotopic (exact) mass is 478 g/mol. The quantitative estimate of drug-likeness (QED) is 0.100. The first kappa shape index (κ1) is 30.9. The van der Waals surface area contributed by atoms with Gasteiger partial charge in [0.05, 0.1) is 13.0 Å². The van der Waals surface area contributed by atoms with Crippen molar-refractivity contribution in [1.82, 2.24) is 0 Å². The highest BCUT2D eigenvalue weighted by Gasteiger charge is 2.33. The second kappa shape index (κ2) is 20.5. The lowest BCUT2D eigenvalue weighted by molar-refractivity contribution is -0.147. The van der Waals surface area contributed by atoms with Gasteiger partial charge in [-0.15, -0.1) is 0 Å². The van der Waals surface area contributed by atoms with E-state index in [9.17, 15) is 18.0 Å². The van der Waals surface area contributed by atoms with E-state index in [-0.39, 0.29) is 6.61 Å². The Balaban J connectivity index is 3.38. The summed E-state index contributed by atoms with van der Waals surface area (Å²) in [5, 5.41) is 6.57. The molecule has 0 rings (SSSR count). The smallest absolute Gasteiger partial charge is 0.325 e. The van der Waals surface area contributed by atoms with Crippen molar-refractivity contribution in [2.24, 2.45) is 0 Å². The molecule has 8 heteroatoms. The Kier molecular flexibility index (Phi) is 19.7. The molecule has 0 bridgehead atoms. The Labute approximate surface area is 195 Å². The molecule has 1 atom stereocenters. The minimum absolute atomic E-state index is 0.134. The molecule has 0 aromatic rings. The number of esters is 1. The summed E-state index contributed by atoms with van der Waals surface area (Å²) in [5.74, 6) is -2.69. The molecule has 32 heavy (non-hydrogen) atoms. The summed E-state index contributed by atoms with van der Waals surface area (Å²) < 4.78 is 35.5. The summed E-state index contributed by atoms with van der Waals surface area (Å²) >= 11 is 0. The van der Waals surface area contributed by atoms with Gasteiger partial charge in [-0.25, -0.2) is 0 Å². The normalized spacial score (nSPS) is 12.6. The summed E-state index contributed by atoms with van der Waals surface area (Å²) in [6.07, 6.45) is 21.8. The highest BCUT2D eigenvalue weighted by Crippen LogP contribution is 2.14. The van der Waals surface area contributed by atoms with Gasteiger partial charge in [0.2, 0.25) is 0 Å². The van der Waals surface area contributed by atoms with Crippen molar-refractivity contribution in [3.8, 4) is 0 Å². The Bertz CT molecular complexity index is 575. The SMILES string of the molecule is CCCCCCCCCCCCCCCCCCCCOC(=O)CC(C(=O)O)S(=O)(=O)O. The molecule has 0 aliphatic carbocycles. The van der Waals surface area contributed by atoms with Gasteiger partial charge in [0, 0.05) is 0 Å². The van der Waals surface area contributed by atoms with Gasteiger partial charge in [0.1, 0.15) is 0 Å². The first-order valence-electron chi connectivity index (χ1n) is 12.6. The fraction of sp³-hybridized carbons (Fsp3) is 0.917. The Morgan fingerprint density at radius 3 is 1.34 bits per heavy atom. The fourth-order valence-corrected chi connectivity index (χ4v) is 4.32. The van der Waals surface area contributed by atoms with E-state index < -0.39 is 33.7 Å². The van der Waals surface area contributed by atoms with Gasteiger partial charge < -0.3 is 9.84 Å². The van der Waals surface area contributed by atoms with Crippen LogP contribution in [-0.4, -0.2) is 41.9 Å². The fourth-order valence-electron chi connectivity index (χ4n) is 3.72. The van der Waals surface area contributed by atoms with Crippen molar-refractivity contribution < 1.29 is 32.4 Å². The van der Waals surface area contributed by atoms with Crippen molar-refractivity contribution in [2.45, 2.75) is 134 Å². The standard InChI is InChI=1S/C24H46O7S/c1-2-3-4-5-6-7-8-9-10-11-12-13-14-15-16-17-18-19-20-31-23(25)21-22(24(26)27)32(28,29)30/h22H,2-21H2,1H3,(H,26,27)(H,28,29,30). The van der Waals surface area contributed by atoms with E-state index in [2.05, 4.69) is 6.92 Å². The lowest BCUT2D eigenvalue weighted by Crippen LogP contribution is -2.32. The average Bonchev–Trinajstić information content (AvgIpc) is 2.72. The highest BCUT2D eigenvalue weighted by atomic mass is 32.2. The summed E-state index contributed by atoms with van der Waals surface area (Å²) in [5.41, 5.74) is 0. The zero-order chi connectivity index (χ0) is 24.1. The molecule has 0 radical (unpaired) electrons. The van der Waals surface area contributed by atoms with Crippen molar-refractivity contribution >= 4 is 22.1 Å². The molecule has 0 aliphatic rings. The van der Waals surface area contributed by atoms with Crippen LogP contribution in [0.5, 0.6) is 0 Å². The van der Waals surface area contributed by atoms with E-state index in [1.807, 2.05) is 0 Å². The number of carbonyl (C=O) groups excluding carboxylic acids is 1. The van der Waals surface area contributed by atoms with Crippen LogP contribution in [0, 0.1) is 0 Å². The maximum Gasteiger partial charge on any atom is 0.325 e. The minimum Gasteiger partial charge on any atom is -0.480 e. The second-order valence-corrected chi connectivity index (χ2v) is 10.4. The number of hydrogen-bond acceptors (Lipinski definition) is 5. The summed E-state index contributed by atoms with van der Waals surface area (Å²) in [6, 6.07) is 0. The van der Waals surface area contributed by atoms with Gasteiger partial charge >= 0.3 is 11.9 Å². The van der Waals surface area contributed by atoms with Crippen LogP contribution in [0.25, 0.3) is 0 Å². The maximum absolute atomic E-state index is 11.5. The lowest BCUT2D eigenvalue weighted by atomic mass is 10.0. The van der Waals surface area contributed by atoms with Crippen LogP contribution >= 0.6 is 0 Å². The number of carboxylic acid groups (broad SMARTS) is 1. The highest BCUT2D eigenvalue weighted by molar-refractivity contribution is 7.87. The summed E-state index contributed by atoms with van der Waals surface area (Å²) in [7, 11) is -4.82. The predicted octanol–water partition coefficient (Wildman–Crippen LogP) is 6.30. The van der Waals surface area contributed by atoms with Crippen LogP contribution in [0.2, 0.25) is 0 Å². The number of ether oxygens (including phenoxy) is 1. The van der Waals surface area contributed by atoms with Gasteiger partial charge in [-0.3, -0.25) is 14.1 Å². The van der Waals surface area contributed by atoms with Crippen LogP contribution < -0.4 is 0 Å². The van der Waals surface area contributed by atoms with Gasteiger partial charge in [-0.1, -0.05) is 116 Å². The first-order chi connectivity index (χ1) is 15.3. The first-order valence-corrected chi connectivity index (χ1v) is 14.1. The van der Waals surface area contributed by atoms with Crippen molar-refractivity contribution in [2.75, 3.05) is 6.61 Å². The Hall–Kier alpha value is -1.15. The molecule has 190 valence electrons. The molecule has 0 saturated carbocycles. The molecule has 0 aliphatic heterocycles. The molecule has 0 spiro atoms. The van der Waals surface area contributed by atoms with Crippen molar-refractivity contribution in [1.29, 1.82) is 0 Å². The number of carbonyl (C=O) groups is 2. The molecule has 2 N–H and O–H groups in total. The van der Waals surface area contributed by atoms with Crippen molar-refractivity contribution in [3.05, 3.63) is 0 Å². The molecule has 1 unspecified atom stereocenters. The third-order valence-electron chi connectivity index (χ3n) is 5.75. The molecule has 0 fully saturated rings. The van der Waals surface area contributed by atoms with E-state index in [4.69, 9.17) is 14.4 Å². The number of aliphatic carboxylic acids is 1. The predicted molar refractivity (Wildman–Crippen MR) is 127 cm³/mol. The van der Waals surface area contributed by atoms with Crippen LogP contribution in [-0.2, 0) is 24.4 Å². The van der Waals surface area contributed by atoms with Crippen LogP contribution in [0.15, 0.2) is 0 Å². The lowest BCUT2D eigenvalue weighted by Gasteiger charge is -2.09. The van der Waals surface area contributed by atoms with E-state index >= 15 is 0 Å². The Morgan fingerprint density at radius 2 is 1.03 bits per heavy atom. The third-order valence-corrected chi connectivity index (χ3v) is 6.84. The largest absolute Gasteiger partial charge is 0.480 e. The number of unbranched alkanes of at least 4 members (excludes halogenated alkanes) is 17. The zero-order valence-electron chi connectivity index (χ0n) is 20.1.